The van der Waals surface area contributed by atoms with E-state index in [1.807, 2.05) is 0 Å². The molecule has 11 heteroatoms. The van der Waals surface area contributed by atoms with Crippen LogP contribution in [0.1, 0.15) is 0 Å². The average Bonchev–Trinajstić information content (AvgIpc) is 1.77. The predicted octanol–water partition coefficient (Wildman–Crippen LogP) is 5.10. The predicted molar refractivity (Wildman–Crippen MR) is 64.6 cm³/mol. The third kappa shape index (κ3) is 4.62. The van der Waals surface area contributed by atoms with Gasteiger partial charge in [0.2, 0.25) is 0 Å². The molecule has 0 rings (SSSR count). The van der Waals surface area contributed by atoms with Crippen LogP contribution in [-0.4, -0.2) is 17.4 Å². The van der Waals surface area contributed by atoms with Crippen LogP contribution in [0.4, 0.5) is 26.3 Å². The van der Waals surface area contributed by atoms with E-state index in [1.165, 1.54) is 0 Å². The summed E-state index contributed by atoms with van der Waals surface area (Å²) in [6, 6.07) is 0. The Balaban J connectivity index is 4.89. The van der Waals surface area contributed by atoms with Gasteiger partial charge in [0.25, 0.3) is 0 Å². The Hall–Kier alpha value is 1.96. The quantitative estimate of drug-likeness (QED) is 0.252. The van der Waals surface area contributed by atoms with Gasteiger partial charge >= 0.3 is 17.4 Å². The van der Waals surface area contributed by atoms with Crippen LogP contribution in [-0.2, 0) is 4.74 Å². The Bertz CT molecular complexity index is 212. The van der Waals surface area contributed by atoms with E-state index in [4.69, 9.17) is 0 Å². The molecule has 0 aromatic carbocycles. The third-order valence-electron chi connectivity index (χ3n) is 0.916. The zero-order chi connectivity index (χ0) is 12.7. The molecule has 0 N–H and O–H groups in total. The molecule has 0 aliphatic carbocycles. The highest BCUT2D eigenvalue weighted by Gasteiger charge is 2.63. The maximum atomic E-state index is 13.0. The lowest BCUT2D eigenvalue weighted by Gasteiger charge is -2.31. The van der Waals surface area contributed by atoms with Crippen LogP contribution < -0.4 is 0 Å². The summed E-state index contributed by atoms with van der Waals surface area (Å²) < 4.78 is 71.1. The molecule has 0 fully saturated rings. The summed E-state index contributed by atoms with van der Waals surface area (Å²) in [6.07, 6.45) is 0. The first-order valence-electron chi connectivity index (χ1n) is 2.80. The van der Waals surface area contributed by atoms with Gasteiger partial charge in [-0.15, -0.1) is 0 Å². The number of hydrogen-bond donors (Lipinski definition) is 0. The molecular formula is C4Br2F6I2O. The van der Waals surface area contributed by atoms with Gasteiger partial charge in [0, 0.05) is 45.2 Å². The first-order valence-corrected chi connectivity index (χ1v) is 6.54. The number of hydrogen-bond acceptors (Lipinski definition) is 1. The van der Waals surface area contributed by atoms with E-state index in [2.05, 4.69) is 4.74 Å². The van der Waals surface area contributed by atoms with E-state index < -0.39 is 17.4 Å². The van der Waals surface area contributed by atoms with E-state index in [1.54, 1.807) is 31.9 Å². The zero-order valence-corrected chi connectivity index (χ0v) is 13.7. The van der Waals surface area contributed by atoms with E-state index in [9.17, 15) is 26.3 Å². The van der Waals surface area contributed by atoms with Crippen molar-refractivity contribution in [2.45, 2.75) is 17.4 Å². The number of halogens is 10. The van der Waals surface area contributed by atoms with Gasteiger partial charge in [-0.3, -0.25) is 4.74 Å². The molecule has 0 bridgehead atoms. The largest absolute Gasteiger partial charge is 0.368 e. The van der Waals surface area contributed by atoms with Crippen molar-refractivity contribution in [3.63, 3.8) is 0 Å². The standard InChI is InChI=1S/C4Br2F6I2O/c5-1(7,8)3(11,13)15-4(12,14)2(6,9)10. The lowest BCUT2D eigenvalue weighted by Crippen LogP contribution is -2.47. The first kappa shape index (κ1) is 17.0. The maximum absolute atomic E-state index is 13.0. The van der Waals surface area contributed by atoms with Crippen LogP contribution in [0.3, 0.4) is 0 Å². The second kappa shape index (κ2) is 4.91. The fraction of sp³-hybridized carbons (Fsp3) is 1.00. The summed E-state index contributed by atoms with van der Waals surface area (Å²) in [5, 5.41) is 0. The minimum Gasteiger partial charge on any atom is -0.281 e. The second-order valence-corrected chi connectivity index (χ2v) is 6.90. The molecule has 0 heterocycles. The average molecular weight is 592 g/mol. The highest BCUT2D eigenvalue weighted by molar-refractivity contribution is 14.1. The van der Waals surface area contributed by atoms with Crippen molar-refractivity contribution in [3.05, 3.63) is 0 Å². The van der Waals surface area contributed by atoms with Crippen molar-refractivity contribution >= 4 is 77.0 Å². The molecule has 0 aliphatic rings. The van der Waals surface area contributed by atoms with Gasteiger partial charge in [0.15, 0.2) is 0 Å². The van der Waals surface area contributed by atoms with Gasteiger partial charge in [-0.2, -0.15) is 26.3 Å². The number of alkyl halides is 10. The number of rotatable bonds is 4. The molecule has 0 spiro atoms. The van der Waals surface area contributed by atoms with E-state index in [0.29, 0.717) is 45.2 Å². The van der Waals surface area contributed by atoms with Crippen LogP contribution >= 0.6 is 77.0 Å². The minimum atomic E-state index is -4.32. The molecule has 0 amide bonds. The van der Waals surface area contributed by atoms with Crippen LogP contribution in [0.2, 0.25) is 0 Å². The monoisotopic (exact) mass is 590 g/mol. The van der Waals surface area contributed by atoms with Gasteiger partial charge in [-0.1, -0.05) is 0 Å². The molecule has 1 nitrogen and oxygen atoms in total. The second-order valence-electron chi connectivity index (χ2n) is 2.13. The topological polar surface area (TPSA) is 9.23 Å². The summed E-state index contributed by atoms with van der Waals surface area (Å²) in [5.41, 5.74) is 0. The van der Waals surface area contributed by atoms with E-state index >= 15 is 0 Å². The lowest BCUT2D eigenvalue weighted by molar-refractivity contribution is -0.259. The fourth-order valence-corrected chi connectivity index (χ4v) is 1.47. The fourth-order valence-electron chi connectivity index (χ4n) is 0.277. The molecule has 0 aromatic heterocycles. The highest BCUT2D eigenvalue weighted by Crippen LogP contribution is 2.53. The summed E-state index contributed by atoms with van der Waals surface area (Å²) in [5.74, 6) is 0. The summed E-state index contributed by atoms with van der Waals surface area (Å²) in [7, 11) is 0. The molecule has 0 saturated heterocycles. The molecule has 0 aliphatic heterocycles. The lowest BCUT2D eigenvalue weighted by atomic mass is 10.6. The van der Waals surface area contributed by atoms with Crippen molar-refractivity contribution in [2.24, 2.45) is 0 Å². The SMILES string of the molecule is FC(F)(Br)C(F)(I)OC(F)(I)C(F)(F)Br. The van der Waals surface area contributed by atoms with Crippen LogP contribution in [0.25, 0.3) is 0 Å². The van der Waals surface area contributed by atoms with Gasteiger partial charge in [-0.05, 0) is 31.9 Å². The summed E-state index contributed by atoms with van der Waals surface area (Å²) in [6.45, 7) is 0. The van der Waals surface area contributed by atoms with Crippen LogP contribution in [0.15, 0.2) is 0 Å². The molecule has 92 valence electrons. The normalized spacial score (nSPS) is 22.0. The Kier molecular flexibility index (Phi) is 5.56. The van der Waals surface area contributed by atoms with Crippen LogP contribution in [0, 0.1) is 0 Å². The molecule has 0 saturated carbocycles. The van der Waals surface area contributed by atoms with Crippen molar-refractivity contribution in [1.82, 2.24) is 0 Å². The number of ether oxygens (including phenoxy) is 1. The van der Waals surface area contributed by atoms with Gasteiger partial charge in [0.1, 0.15) is 0 Å². The molecule has 2 unspecified atom stereocenters. The van der Waals surface area contributed by atoms with Gasteiger partial charge in [-0.25, -0.2) is 0 Å². The Morgan fingerprint density at radius 2 is 0.933 bits per heavy atom. The summed E-state index contributed by atoms with van der Waals surface area (Å²) in [4.78, 5) is -8.64. The van der Waals surface area contributed by atoms with Crippen molar-refractivity contribution in [1.29, 1.82) is 0 Å². The van der Waals surface area contributed by atoms with Crippen molar-refractivity contribution in [2.75, 3.05) is 0 Å². The highest BCUT2D eigenvalue weighted by atomic mass is 127. The van der Waals surface area contributed by atoms with Crippen molar-refractivity contribution in [3.8, 4) is 0 Å². The van der Waals surface area contributed by atoms with E-state index in [-0.39, 0.29) is 0 Å². The Labute approximate surface area is 124 Å². The third-order valence-corrected chi connectivity index (χ3v) is 5.21. The van der Waals surface area contributed by atoms with E-state index in [0.717, 1.165) is 0 Å². The first-order chi connectivity index (χ1) is 6.21. The molecule has 2 atom stereocenters. The minimum absolute atomic E-state index is 0.363. The molecule has 0 radical (unpaired) electrons. The Morgan fingerprint density at radius 3 is 1.07 bits per heavy atom. The van der Waals surface area contributed by atoms with Gasteiger partial charge < -0.3 is 0 Å². The molecule has 15 heavy (non-hydrogen) atoms. The van der Waals surface area contributed by atoms with Gasteiger partial charge in [0.05, 0.1) is 0 Å². The summed E-state index contributed by atoms with van der Waals surface area (Å²) >= 11 is 3.82. The molecular weight excluding hydrogens is 592 g/mol. The zero-order valence-electron chi connectivity index (χ0n) is 6.19. The Morgan fingerprint density at radius 1 is 0.733 bits per heavy atom. The van der Waals surface area contributed by atoms with Crippen LogP contribution in [0.5, 0.6) is 0 Å². The maximum Gasteiger partial charge on any atom is 0.368 e. The van der Waals surface area contributed by atoms with Crippen molar-refractivity contribution < 1.29 is 31.1 Å². The smallest absolute Gasteiger partial charge is 0.281 e. The molecule has 0 aromatic rings.